The Balaban J connectivity index is 1.84. The molecular weight excluding hydrogens is 310 g/mol. The molecule has 1 aromatic rings. The number of benzene rings is 1. The standard InChI is InChI=1S/C14H18ClN3O2S/c1-13(7-19-9-20-8-13)14(2)16-12(21)18(17-14)11-5-3-10(15)4-6-11/h3-6,17H,7-9H2,1-2H3,(H,16,21)/t14-/m1/s1. The Kier molecular flexibility index (Phi) is 3.83. The molecule has 7 heteroatoms. The van der Waals surface area contributed by atoms with Crippen molar-refractivity contribution in [3.63, 3.8) is 0 Å². The van der Waals surface area contributed by atoms with Crippen molar-refractivity contribution in [3.05, 3.63) is 29.3 Å². The molecule has 0 spiro atoms. The maximum Gasteiger partial charge on any atom is 0.189 e. The van der Waals surface area contributed by atoms with Crippen molar-refractivity contribution < 1.29 is 9.47 Å². The van der Waals surface area contributed by atoms with E-state index in [-0.39, 0.29) is 5.41 Å². The first kappa shape index (κ1) is 15.0. The maximum absolute atomic E-state index is 5.93. The number of nitrogens with one attached hydrogen (secondary N) is 2. The Hall–Kier alpha value is -0.920. The third-order valence-corrected chi connectivity index (χ3v) is 4.73. The number of thiocarbonyl (C=S) groups is 1. The monoisotopic (exact) mass is 327 g/mol. The van der Waals surface area contributed by atoms with Gasteiger partial charge in [-0.25, -0.2) is 5.43 Å². The summed E-state index contributed by atoms with van der Waals surface area (Å²) in [5, 5.41) is 6.52. The van der Waals surface area contributed by atoms with Crippen LogP contribution >= 0.6 is 23.8 Å². The van der Waals surface area contributed by atoms with Crippen molar-refractivity contribution in [1.82, 2.24) is 10.7 Å². The highest BCUT2D eigenvalue weighted by Crippen LogP contribution is 2.36. The molecule has 2 fully saturated rings. The number of hydrazine groups is 1. The lowest BCUT2D eigenvalue weighted by Crippen LogP contribution is -2.64. The molecule has 1 aromatic carbocycles. The van der Waals surface area contributed by atoms with Crippen LogP contribution in [0, 0.1) is 5.41 Å². The van der Waals surface area contributed by atoms with Crippen LogP contribution in [0.25, 0.3) is 0 Å². The molecule has 5 nitrogen and oxygen atoms in total. The summed E-state index contributed by atoms with van der Waals surface area (Å²) in [6.45, 7) is 5.71. The third kappa shape index (κ3) is 2.62. The summed E-state index contributed by atoms with van der Waals surface area (Å²) >= 11 is 11.4. The zero-order chi connectivity index (χ0) is 15.1. The number of nitrogens with zero attached hydrogens (tertiary/aromatic N) is 1. The van der Waals surface area contributed by atoms with Crippen molar-refractivity contribution in [2.24, 2.45) is 5.41 Å². The zero-order valence-electron chi connectivity index (χ0n) is 12.0. The summed E-state index contributed by atoms with van der Waals surface area (Å²) < 4.78 is 10.9. The third-order valence-electron chi connectivity index (χ3n) is 4.20. The summed E-state index contributed by atoms with van der Waals surface area (Å²) in [5.74, 6) is 0. The van der Waals surface area contributed by atoms with Gasteiger partial charge in [0.2, 0.25) is 0 Å². The number of rotatable bonds is 2. The van der Waals surface area contributed by atoms with E-state index in [9.17, 15) is 0 Å². The highest BCUT2D eigenvalue weighted by Gasteiger charge is 2.52. The molecule has 114 valence electrons. The van der Waals surface area contributed by atoms with E-state index in [2.05, 4.69) is 24.6 Å². The molecule has 3 rings (SSSR count). The second kappa shape index (κ2) is 5.37. The first-order valence-corrected chi connectivity index (χ1v) is 7.53. The average Bonchev–Trinajstić information content (AvgIpc) is 2.78. The highest BCUT2D eigenvalue weighted by atomic mass is 35.5. The second-order valence-electron chi connectivity index (χ2n) is 5.85. The minimum Gasteiger partial charge on any atom is -0.355 e. The summed E-state index contributed by atoms with van der Waals surface area (Å²) in [5.41, 5.74) is 3.68. The largest absolute Gasteiger partial charge is 0.355 e. The minimum absolute atomic E-state index is 0.240. The topological polar surface area (TPSA) is 45.8 Å². The number of hydrogen-bond acceptors (Lipinski definition) is 4. The lowest BCUT2D eigenvalue weighted by molar-refractivity contribution is -0.182. The molecule has 2 heterocycles. The number of halogens is 1. The van der Waals surface area contributed by atoms with Crippen LogP contribution < -0.4 is 15.8 Å². The van der Waals surface area contributed by atoms with Crippen LogP contribution in [0.3, 0.4) is 0 Å². The molecule has 1 atom stereocenters. The van der Waals surface area contributed by atoms with E-state index in [0.717, 1.165) is 5.69 Å². The molecular formula is C14H18ClN3O2S. The predicted octanol–water partition coefficient (Wildman–Crippen LogP) is 2.27. The number of ether oxygens (including phenoxy) is 2. The maximum atomic E-state index is 5.93. The summed E-state index contributed by atoms with van der Waals surface area (Å²) in [7, 11) is 0. The van der Waals surface area contributed by atoms with Gasteiger partial charge in [-0.2, -0.15) is 0 Å². The molecule has 0 amide bonds. The van der Waals surface area contributed by atoms with Gasteiger partial charge in [-0.15, -0.1) is 0 Å². The lowest BCUT2D eigenvalue weighted by atomic mass is 9.79. The Morgan fingerprint density at radius 3 is 2.43 bits per heavy atom. The number of anilines is 1. The van der Waals surface area contributed by atoms with E-state index >= 15 is 0 Å². The van der Waals surface area contributed by atoms with Crippen molar-refractivity contribution in [3.8, 4) is 0 Å². The van der Waals surface area contributed by atoms with Gasteiger partial charge in [0.25, 0.3) is 0 Å². The molecule has 2 aliphatic rings. The average molecular weight is 328 g/mol. The summed E-state index contributed by atoms with van der Waals surface area (Å²) in [6, 6.07) is 7.52. The Bertz CT molecular complexity index is 548. The van der Waals surface area contributed by atoms with Crippen molar-refractivity contribution in [1.29, 1.82) is 0 Å². The normalized spacial score (nSPS) is 28.5. The zero-order valence-corrected chi connectivity index (χ0v) is 13.6. The second-order valence-corrected chi connectivity index (χ2v) is 6.68. The van der Waals surface area contributed by atoms with Gasteiger partial charge in [0, 0.05) is 5.02 Å². The van der Waals surface area contributed by atoms with Gasteiger partial charge in [0.05, 0.1) is 24.3 Å². The van der Waals surface area contributed by atoms with E-state index in [4.69, 9.17) is 33.3 Å². The van der Waals surface area contributed by atoms with Crippen LogP contribution in [0.1, 0.15) is 13.8 Å². The molecule has 0 saturated carbocycles. The highest BCUT2D eigenvalue weighted by molar-refractivity contribution is 7.80. The van der Waals surface area contributed by atoms with E-state index in [0.29, 0.717) is 30.1 Å². The predicted molar refractivity (Wildman–Crippen MR) is 86.1 cm³/mol. The molecule has 0 aromatic heterocycles. The molecule has 2 saturated heterocycles. The first-order valence-electron chi connectivity index (χ1n) is 6.75. The fraction of sp³-hybridized carbons (Fsp3) is 0.500. The van der Waals surface area contributed by atoms with E-state index in [1.165, 1.54) is 0 Å². The lowest BCUT2D eigenvalue weighted by Gasteiger charge is -2.45. The van der Waals surface area contributed by atoms with E-state index < -0.39 is 5.66 Å². The van der Waals surface area contributed by atoms with Crippen molar-refractivity contribution in [2.75, 3.05) is 25.0 Å². The molecule has 0 aliphatic carbocycles. The fourth-order valence-corrected chi connectivity index (χ4v) is 3.03. The van der Waals surface area contributed by atoms with Crippen LogP contribution in [0.2, 0.25) is 5.02 Å². The van der Waals surface area contributed by atoms with Crippen molar-refractivity contribution in [2.45, 2.75) is 19.5 Å². The van der Waals surface area contributed by atoms with Gasteiger partial charge in [-0.1, -0.05) is 18.5 Å². The molecule has 2 N–H and O–H groups in total. The molecule has 0 bridgehead atoms. The Morgan fingerprint density at radius 1 is 1.19 bits per heavy atom. The van der Waals surface area contributed by atoms with Crippen LogP contribution in [0.5, 0.6) is 0 Å². The summed E-state index contributed by atoms with van der Waals surface area (Å²) in [6.07, 6.45) is 0. The van der Waals surface area contributed by atoms with E-state index in [1.807, 2.05) is 29.3 Å². The van der Waals surface area contributed by atoms with Crippen LogP contribution in [-0.2, 0) is 9.47 Å². The van der Waals surface area contributed by atoms with Gasteiger partial charge >= 0.3 is 0 Å². The van der Waals surface area contributed by atoms with Crippen LogP contribution in [-0.4, -0.2) is 30.8 Å². The smallest absolute Gasteiger partial charge is 0.189 e. The SMILES string of the molecule is CC1([C@]2(C)NC(=S)N(c3ccc(Cl)cc3)N2)COCOC1. The Morgan fingerprint density at radius 2 is 1.81 bits per heavy atom. The van der Waals surface area contributed by atoms with E-state index in [1.54, 1.807) is 0 Å². The van der Waals surface area contributed by atoms with Gasteiger partial charge in [0.1, 0.15) is 12.5 Å². The van der Waals surface area contributed by atoms with Gasteiger partial charge in [-0.3, -0.25) is 5.01 Å². The molecule has 21 heavy (non-hydrogen) atoms. The first-order chi connectivity index (χ1) is 9.94. The molecule has 0 radical (unpaired) electrons. The number of hydrogen-bond donors (Lipinski definition) is 2. The quantitative estimate of drug-likeness (QED) is 0.813. The van der Waals surface area contributed by atoms with Crippen LogP contribution in [0.4, 0.5) is 5.69 Å². The molecule has 0 unspecified atom stereocenters. The van der Waals surface area contributed by atoms with Crippen molar-refractivity contribution >= 4 is 34.6 Å². The Labute approximate surface area is 134 Å². The van der Waals surface area contributed by atoms with Crippen LogP contribution in [0.15, 0.2) is 24.3 Å². The van der Waals surface area contributed by atoms with Gasteiger partial charge in [0.15, 0.2) is 5.11 Å². The molecule has 2 aliphatic heterocycles. The fourth-order valence-electron chi connectivity index (χ4n) is 2.55. The summed E-state index contributed by atoms with van der Waals surface area (Å²) in [4.78, 5) is 0. The van der Waals surface area contributed by atoms with Gasteiger partial charge in [-0.05, 0) is 43.4 Å². The van der Waals surface area contributed by atoms with Gasteiger partial charge < -0.3 is 14.8 Å². The minimum atomic E-state index is -0.454.